The number of ether oxygens (including phenoxy) is 1. The van der Waals surface area contributed by atoms with Gasteiger partial charge in [0, 0.05) is 5.41 Å². The summed E-state index contributed by atoms with van der Waals surface area (Å²) in [6, 6.07) is 0. The van der Waals surface area contributed by atoms with Crippen LogP contribution in [-0.2, 0) is 18.9 Å². The van der Waals surface area contributed by atoms with Gasteiger partial charge in [0.1, 0.15) is 0 Å². The summed E-state index contributed by atoms with van der Waals surface area (Å²) < 4.78 is 23.0. The zero-order chi connectivity index (χ0) is 16.0. The van der Waals surface area contributed by atoms with Gasteiger partial charge in [0.15, 0.2) is 0 Å². The first-order valence-electron chi connectivity index (χ1n) is 7.49. The molecule has 4 aliphatic carbocycles. The number of hydrogen-bond acceptors (Lipinski definition) is 7. The van der Waals surface area contributed by atoms with E-state index < -0.39 is 16.6 Å². The van der Waals surface area contributed by atoms with Crippen molar-refractivity contribution in [1.29, 1.82) is 0 Å². The Bertz CT molecular complexity index is 443. The third-order valence-electron chi connectivity index (χ3n) is 5.24. The number of esters is 1. The third-order valence-corrected chi connectivity index (χ3v) is 5.85. The van der Waals surface area contributed by atoms with E-state index in [4.69, 9.17) is 4.74 Å². The van der Waals surface area contributed by atoms with Crippen molar-refractivity contribution in [3.63, 3.8) is 0 Å². The average Bonchev–Trinajstić information content (AvgIpc) is 2.40. The Hall–Kier alpha value is -0.410. The average molecular weight is 335 g/mol. The van der Waals surface area contributed by atoms with Gasteiger partial charge in [0.25, 0.3) is 5.00 Å². The molecule has 0 aromatic carbocycles. The number of carbonyl (C=O) groups is 1. The molecule has 0 saturated heterocycles. The molecule has 4 bridgehead atoms. The molecule has 0 amide bonds. The van der Waals surface area contributed by atoms with E-state index >= 15 is 0 Å². The SMILES string of the molecule is CC(F)(SOO[O-])C(=O)OCC12CC3CC(CC(O)(C3)C1)C2. The second kappa shape index (κ2) is 5.59. The van der Waals surface area contributed by atoms with Crippen molar-refractivity contribution >= 4 is 18.0 Å². The standard InChI is InChI=1S/C14H21FO6S/c1-12(15,22-21-20-18)11(16)19-8-13-3-9-2-10(4-13)6-14(17,5-9)7-13/h9-10,17-18H,2-8H2,1H3/p-1. The summed E-state index contributed by atoms with van der Waals surface area (Å²) in [7, 11) is 0. The van der Waals surface area contributed by atoms with Crippen molar-refractivity contribution in [3.05, 3.63) is 0 Å². The van der Waals surface area contributed by atoms with E-state index in [9.17, 15) is 19.5 Å². The van der Waals surface area contributed by atoms with Gasteiger partial charge in [-0.15, -0.1) is 0 Å². The molecule has 0 spiro atoms. The first kappa shape index (κ1) is 16.4. The highest BCUT2D eigenvalue weighted by molar-refractivity contribution is 7.96. The van der Waals surface area contributed by atoms with Crippen LogP contribution in [0, 0.1) is 17.3 Å². The van der Waals surface area contributed by atoms with E-state index in [0.29, 0.717) is 18.3 Å². The van der Waals surface area contributed by atoms with Crippen LogP contribution >= 0.6 is 12.0 Å². The minimum atomic E-state index is -2.51. The van der Waals surface area contributed by atoms with E-state index in [2.05, 4.69) is 9.37 Å². The molecule has 4 saturated carbocycles. The van der Waals surface area contributed by atoms with Gasteiger partial charge < -0.3 is 15.1 Å². The highest BCUT2D eigenvalue weighted by atomic mass is 32.2. The molecule has 1 N–H and O–H groups in total. The molecule has 4 rings (SSSR count). The smallest absolute Gasteiger partial charge is 0.356 e. The van der Waals surface area contributed by atoms with Crippen LogP contribution in [0.4, 0.5) is 4.39 Å². The molecule has 3 unspecified atom stereocenters. The molecule has 126 valence electrons. The van der Waals surface area contributed by atoms with E-state index in [1.54, 1.807) is 0 Å². The van der Waals surface area contributed by atoms with Crippen molar-refractivity contribution in [1.82, 2.24) is 0 Å². The number of hydrogen-bond donors (Lipinski definition) is 1. The number of aliphatic hydroxyl groups is 1. The van der Waals surface area contributed by atoms with E-state index in [0.717, 1.165) is 39.0 Å². The summed E-state index contributed by atoms with van der Waals surface area (Å²) in [5, 5.41) is 20.9. The first-order chi connectivity index (χ1) is 10.3. The Morgan fingerprint density at radius 2 is 2.05 bits per heavy atom. The van der Waals surface area contributed by atoms with Gasteiger partial charge in [0.05, 0.1) is 24.3 Å². The lowest BCUT2D eigenvalue weighted by molar-refractivity contribution is -0.777. The number of rotatable bonds is 6. The largest absolute Gasteiger partial charge is 0.691 e. The normalized spacial score (nSPS) is 42.2. The Morgan fingerprint density at radius 3 is 2.59 bits per heavy atom. The second-order valence-electron chi connectivity index (χ2n) is 7.40. The molecule has 4 aliphatic rings. The molecule has 0 aromatic rings. The molecule has 0 aromatic heterocycles. The van der Waals surface area contributed by atoms with Crippen molar-refractivity contribution in [2.45, 2.75) is 56.1 Å². The lowest BCUT2D eigenvalue weighted by Crippen LogP contribution is -2.57. The van der Waals surface area contributed by atoms with Gasteiger partial charge >= 0.3 is 5.97 Å². The molecule has 3 atom stereocenters. The first-order valence-corrected chi connectivity index (χ1v) is 8.23. The summed E-state index contributed by atoms with van der Waals surface area (Å²) in [5.41, 5.74) is -0.894. The lowest BCUT2D eigenvalue weighted by atomic mass is 9.48. The molecule has 0 heterocycles. The van der Waals surface area contributed by atoms with Gasteiger partial charge in [-0.25, -0.2) is 9.18 Å². The summed E-state index contributed by atoms with van der Waals surface area (Å²) in [4.78, 5) is 11.8. The van der Waals surface area contributed by atoms with Crippen LogP contribution in [0.25, 0.3) is 0 Å². The maximum Gasteiger partial charge on any atom is 0.356 e. The molecule has 22 heavy (non-hydrogen) atoms. The van der Waals surface area contributed by atoms with Crippen LogP contribution in [0.5, 0.6) is 0 Å². The predicted octanol–water partition coefficient (Wildman–Crippen LogP) is 1.42. The molecular weight excluding hydrogens is 315 g/mol. The number of carbonyl (C=O) groups excluding carboxylic acids is 1. The summed E-state index contributed by atoms with van der Waals surface area (Å²) in [6.45, 7) is 1.05. The molecule has 6 nitrogen and oxygen atoms in total. The quantitative estimate of drug-likeness (QED) is 0.340. The van der Waals surface area contributed by atoms with Crippen LogP contribution in [0.1, 0.15) is 45.4 Å². The predicted molar refractivity (Wildman–Crippen MR) is 72.3 cm³/mol. The Balaban J connectivity index is 1.60. The minimum Gasteiger partial charge on any atom is -0.691 e. The number of alkyl halides is 1. The topological polar surface area (TPSA) is 88.0 Å². The molecule has 0 aliphatic heterocycles. The van der Waals surface area contributed by atoms with Gasteiger partial charge in [-0.3, -0.25) is 5.04 Å². The fraction of sp³-hybridized carbons (Fsp3) is 0.929. The number of halogens is 1. The van der Waals surface area contributed by atoms with Crippen LogP contribution in [0.3, 0.4) is 0 Å². The van der Waals surface area contributed by atoms with Crippen LogP contribution < -0.4 is 5.26 Å². The van der Waals surface area contributed by atoms with Gasteiger partial charge in [-0.1, -0.05) is 0 Å². The van der Waals surface area contributed by atoms with E-state index in [-0.39, 0.29) is 24.1 Å². The van der Waals surface area contributed by atoms with Crippen molar-refractivity contribution < 1.29 is 33.7 Å². The fourth-order valence-electron chi connectivity index (χ4n) is 5.03. The van der Waals surface area contributed by atoms with Crippen molar-refractivity contribution in [2.24, 2.45) is 17.3 Å². The third kappa shape index (κ3) is 3.12. The zero-order valence-corrected chi connectivity index (χ0v) is 13.2. The Kier molecular flexibility index (Phi) is 4.18. The van der Waals surface area contributed by atoms with Crippen molar-refractivity contribution in [2.75, 3.05) is 6.61 Å². The van der Waals surface area contributed by atoms with Gasteiger partial charge in [-0.2, -0.15) is 4.33 Å². The fourth-order valence-corrected chi connectivity index (χ4v) is 5.31. The summed E-state index contributed by atoms with van der Waals surface area (Å²) in [5.74, 6) is -0.168. The Labute approximate surface area is 132 Å². The highest BCUT2D eigenvalue weighted by Gasteiger charge is 2.57. The van der Waals surface area contributed by atoms with E-state index in [1.165, 1.54) is 0 Å². The van der Waals surface area contributed by atoms with Crippen LogP contribution in [0.2, 0.25) is 0 Å². The molecule has 4 fully saturated rings. The van der Waals surface area contributed by atoms with Crippen LogP contribution in [0.15, 0.2) is 0 Å². The zero-order valence-electron chi connectivity index (χ0n) is 12.4. The monoisotopic (exact) mass is 335 g/mol. The second-order valence-corrected chi connectivity index (χ2v) is 8.47. The molecule has 8 heteroatoms. The van der Waals surface area contributed by atoms with Gasteiger partial charge in [-0.05, 0) is 57.3 Å². The van der Waals surface area contributed by atoms with E-state index in [1.807, 2.05) is 0 Å². The maximum atomic E-state index is 14.0. The molecular formula is C14H20FO6S-. The minimum absolute atomic E-state index is 0.0223. The molecule has 0 radical (unpaired) electrons. The van der Waals surface area contributed by atoms with Crippen molar-refractivity contribution in [3.8, 4) is 0 Å². The Morgan fingerprint density at radius 1 is 1.41 bits per heavy atom. The van der Waals surface area contributed by atoms with Crippen LogP contribution in [-0.4, -0.2) is 28.3 Å². The highest BCUT2D eigenvalue weighted by Crippen LogP contribution is 2.61. The summed E-state index contributed by atoms with van der Waals surface area (Å²) >= 11 is -0.0223. The maximum absolute atomic E-state index is 14.0. The summed E-state index contributed by atoms with van der Waals surface area (Å²) in [6.07, 6.45) is 5.21. The lowest BCUT2D eigenvalue weighted by Gasteiger charge is -2.59. The van der Waals surface area contributed by atoms with Gasteiger partial charge in [0.2, 0.25) is 0 Å².